The zero-order valence-corrected chi connectivity index (χ0v) is 10.6. The van der Waals surface area contributed by atoms with Crippen molar-refractivity contribution in [2.75, 3.05) is 24.7 Å². The molecule has 92 valence electrons. The molecule has 0 saturated carbocycles. The van der Waals surface area contributed by atoms with E-state index in [4.69, 9.17) is 11.1 Å². The lowest BCUT2D eigenvalue weighted by molar-refractivity contribution is 1.13. The van der Waals surface area contributed by atoms with Gasteiger partial charge in [0.2, 0.25) is 0 Å². The lowest BCUT2D eigenvalue weighted by Gasteiger charge is -2.13. The normalized spacial score (nSPS) is 10.1. The molecular weight excluding hydrogens is 222 g/mol. The maximum Gasteiger partial charge on any atom is 0.0705 e. The van der Waals surface area contributed by atoms with Gasteiger partial charge in [-0.05, 0) is 18.2 Å². The van der Waals surface area contributed by atoms with E-state index in [2.05, 4.69) is 0 Å². The first-order chi connectivity index (χ1) is 8.59. The smallest absolute Gasteiger partial charge is 0.0705 e. The van der Waals surface area contributed by atoms with Gasteiger partial charge in [0.15, 0.2) is 0 Å². The molecule has 0 aromatic heterocycles. The molecule has 3 heteroatoms. The summed E-state index contributed by atoms with van der Waals surface area (Å²) in [6, 6.07) is 15.4. The highest BCUT2D eigenvalue weighted by molar-refractivity contribution is 6.13. The summed E-state index contributed by atoms with van der Waals surface area (Å²) in [6.45, 7) is 0. The molecule has 0 aliphatic carbocycles. The zero-order valence-electron chi connectivity index (χ0n) is 10.6. The van der Waals surface area contributed by atoms with Gasteiger partial charge in [-0.15, -0.1) is 0 Å². The standard InChI is InChI=1S/C15H17N3/c1-18(2)12-9-7-11(8-10-12)15(17)13-5-3-4-6-14(13)16/h3-10,17H,16H2,1-2H3. The number of hydrogen-bond acceptors (Lipinski definition) is 3. The molecule has 2 aromatic rings. The number of nitrogens with two attached hydrogens (primary N) is 1. The van der Waals surface area contributed by atoms with E-state index in [0.29, 0.717) is 11.4 Å². The third-order valence-electron chi connectivity index (χ3n) is 2.90. The number of rotatable bonds is 3. The van der Waals surface area contributed by atoms with Crippen LogP contribution in [-0.4, -0.2) is 19.8 Å². The Hall–Kier alpha value is -2.29. The first-order valence-corrected chi connectivity index (χ1v) is 5.81. The molecule has 2 rings (SSSR count). The molecule has 0 spiro atoms. The minimum absolute atomic E-state index is 0.457. The highest BCUT2D eigenvalue weighted by Crippen LogP contribution is 2.18. The van der Waals surface area contributed by atoms with Crippen LogP contribution in [0, 0.1) is 5.41 Å². The van der Waals surface area contributed by atoms with E-state index < -0.39 is 0 Å². The van der Waals surface area contributed by atoms with Gasteiger partial charge in [0.25, 0.3) is 0 Å². The molecule has 0 bridgehead atoms. The Morgan fingerprint density at radius 2 is 1.61 bits per heavy atom. The first kappa shape index (κ1) is 12.2. The lowest BCUT2D eigenvalue weighted by Crippen LogP contribution is -2.09. The van der Waals surface area contributed by atoms with Crippen LogP contribution < -0.4 is 10.6 Å². The van der Waals surface area contributed by atoms with Crippen molar-refractivity contribution >= 4 is 17.1 Å². The number of nitrogens with one attached hydrogen (secondary N) is 1. The number of nitrogen functional groups attached to an aromatic ring is 1. The van der Waals surface area contributed by atoms with Gasteiger partial charge >= 0.3 is 0 Å². The van der Waals surface area contributed by atoms with Crippen LogP contribution in [0.2, 0.25) is 0 Å². The molecule has 2 aromatic carbocycles. The molecule has 0 heterocycles. The summed E-state index contributed by atoms with van der Waals surface area (Å²) in [5.74, 6) is 0. The van der Waals surface area contributed by atoms with Crippen LogP contribution in [-0.2, 0) is 0 Å². The number of hydrogen-bond donors (Lipinski definition) is 2. The number of benzene rings is 2. The molecule has 0 radical (unpaired) electrons. The Kier molecular flexibility index (Phi) is 3.33. The van der Waals surface area contributed by atoms with E-state index >= 15 is 0 Å². The van der Waals surface area contributed by atoms with Gasteiger partial charge in [-0.2, -0.15) is 0 Å². The van der Waals surface area contributed by atoms with Crippen molar-refractivity contribution in [2.45, 2.75) is 0 Å². The minimum Gasteiger partial charge on any atom is -0.398 e. The molecule has 0 aliphatic heterocycles. The average Bonchev–Trinajstić information content (AvgIpc) is 2.38. The summed E-state index contributed by atoms with van der Waals surface area (Å²) < 4.78 is 0. The summed E-state index contributed by atoms with van der Waals surface area (Å²) in [6.07, 6.45) is 0. The number of nitrogens with zero attached hydrogens (tertiary/aromatic N) is 1. The SMILES string of the molecule is CN(C)c1ccc(C(=N)c2ccccc2N)cc1. The second-order valence-corrected chi connectivity index (χ2v) is 4.40. The predicted octanol–water partition coefficient (Wildman–Crippen LogP) is 2.75. The second kappa shape index (κ2) is 4.92. The summed E-state index contributed by atoms with van der Waals surface area (Å²) in [5, 5.41) is 8.20. The molecule has 0 unspecified atom stereocenters. The van der Waals surface area contributed by atoms with Crippen molar-refractivity contribution in [1.29, 1.82) is 5.41 Å². The molecule has 0 saturated heterocycles. The van der Waals surface area contributed by atoms with Gasteiger partial charge in [-0.1, -0.05) is 30.3 Å². The summed E-state index contributed by atoms with van der Waals surface area (Å²) in [5.41, 5.74) is 9.75. The van der Waals surface area contributed by atoms with Crippen LogP contribution in [0.25, 0.3) is 0 Å². The van der Waals surface area contributed by atoms with Crippen LogP contribution in [0.4, 0.5) is 11.4 Å². The molecule has 0 fully saturated rings. The third kappa shape index (κ3) is 2.35. The molecule has 3 N–H and O–H groups in total. The number of anilines is 2. The summed E-state index contributed by atoms with van der Waals surface area (Å²) >= 11 is 0. The Balaban J connectivity index is 2.32. The van der Waals surface area contributed by atoms with Crippen molar-refractivity contribution in [3.63, 3.8) is 0 Å². The Morgan fingerprint density at radius 1 is 1.00 bits per heavy atom. The average molecular weight is 239 g/mol. The fourth-order valence-electron chi connectivity index (χ4n) is 1.81. The van der Waals surface area contributed by atoms with E-state index in [0.717, 1.165) is 16.8 Å². The molecule has 18 heavy (non-hydrogen) atoms. The Labute approximate surface area is 107 Å². The fourth-order valence-corrected chi connectivity index (χ4v) is 1.81. The van der Waals surface area contributed by atoms with Gasteiger partial charge in [0, 0.05) is 36.6 Å². The van der Waals surface area contributed by atoms with E-state index in [-0.39, 0.29) is 0 Å². The lowest BCUT2D eigenvalue weighted by atomic mass is 10.0. The van der Waals surface area contributed by atoms with Crippen molar-refractivity contribution < 1.29 is 0 Å². The van der Waals surface area contributed by atoms with Crippen molar-refractivity contribution in [2.24, 2.45) is 0 Å². The Morgan fingerprint density at radius 3 is 2.17 bits per heavy atom. The summed E-state index contributed by atoms with van der Waals surface area (Å²) in [4.78, 5) is 2.03. The van der Waals surface area contributed by atoms with Gasteiger partial charge < -0.3 is 10.6 Å². The highest BCUT2D eigenvalue weighted by Gasteiger charge is 2.07. The van der Waals surface area contributed by atoms with Crippen molar-refractivity contribution in [1.82, 2.24) is 0 Å². The molecule has 3 nitrogen and oxygen atoms in total. The van der Waals surface area contributed by atoms with Gasteiger partial charge in [-0.3, -0.25) is 5.41 Å². The highest BCUT2D eigenvalue weighted by atomic mass is 15.1. The maximum absolute atomic E-state index is 8.20. The van der Waals surface area contributed by atoms with Gasteiger partial charge in [0.1, 0.15) is 0 Å². The fraction of sp³-hybridized carbons (Fsp3) is 0.133. The van der Waals surface area contributed by atoms with Crippen molar-refractivity contribution in [3.8, 4) is 0 Å². The molecule has 0 aliphatic rings. The van der Waals surface area contributed by atoms with E-state index in [1.807, 2.05) is 67.5 Å². The Bertz CT molecular complexity index is 556. The van der Waals surface area contributed by atoms with Crippen LogP contribution >= 0.6 is 0 Å². The maximum atomic E-state index is 8.20. The van der Waals surface area contributed by atoms with Crippen molar-refractivity contribution in [3.05, 3.63) is 59.7 Å². The second-order valence-electron chi connectivity index (χ2n) is 4.40. The number of para-hydroxylation sites is 1. The van der Waals surface area contributed by atoms with Crippen LogP contribution in [0.5, 0.6) is 0 Å². The summed E-state index contributed by atoms with van der Waals surface area (Å²) in [7, 11) is 3.99. The largest absolute Gasteiger partial charge is 0.398 e. The minimum atomic E-state index is 0.457. The van der Waals surface area contributed by atoms with E-state index in [1.54, 1.807) is 0 Å². The topological polar surface area (TPSA) is 53.1 Å². The van der Waals surface area contributed by atoms with Crippen LogP contribution in [0.1, 0.15) is 11.1 Å². The molecule has 0 atom stereocenters. The molecule has 0 amide bonds. The van der Waals surface area contributed by atoms with Gasteiger partial charge in [-0.25, -0.2) is 0 Å². The zero-order chi connectivity index (χ0) is 13.1. The van der Waals surface area contributed by atoms with Crippen LogP contribution in [0.3, 0.4) is 0 Å². The quantitative estimate of drug-likeness (QED) is 0.639. The van der Waals surface area contributed by atoms with Gasteiger partial charge in [0.05, 0.1) is 5.71 Å². The molecular formula is C15H17N3. The van der Waals surface area contributed by atoms with E-state index in [9.17, 15) is 0 Å². The first-order valence-electron chi connectivity index (χ1n) is 5.81. The third-order valence-corrected chi connectivity index (χ3v) is 2.90. The monoisotopic (exact) mass is 239 g/mol. The predicted molar refractivity (Wildman–Crippen MR) is 77.6 cm³/mol. The van der Waals surface area contributed by atoms with E-state index in [1.165, 1.54) is 0 Å². The van der Waals surface area contributed by atoms with Crippen LogP contribution in [0.15, 0.2) is 48.5 Å².